The van der Waals surface area contributed by atoms with E-state index < -0.39 is 5.82 Å². The van der Waals surface area contributed by atoms with Crippen LogP contribution >= 0.6 is 11.6 Å². The van der Waals surface area contributed by atoms with E-state index in [1.807, 2.05) is 0 Å². The Balaban J connectivity index is 1.54. The minimum atomic E-state index is -0.470. The summed E-state index contributed by atoms with van der Waals surface area (Å²) in [7, 11) is 0. The number of benzene rings is 2. The normalized spacial score (nSPS) is 17.1. The van der Waals surface area contributed by atoms with Crippen LogP contribution in [0.1, 0.15) is 16.8 Å². The summed E-state index contributed by atoms with van der Waals surface area (Å²) in [6.45, 7) is 2.18. The highest BCUT2D eigenvalue weighted by Crippen LogP contribution is 2.24. The third-order valence-corrected chi connectivity index (χ3v) is 4.52. The minimum absolute atomic E-state index is 0.104. The largest absolute Gasteiger partial charge is 0.371 e. The van der Waals surface area contributed by atoms with Crippen LogP contribution in [-0.2, 0) is 0 Å². The van der Waals surface area contributed by atoms with Crippen LogP contribution in [0.25, 0.3) is 0 Å². The highest BCUT2D eigenvalue weighted by Gasteiger charge is 2.23. The smallest absolute Gasteiger partial charge is 0.252 e. The van der Waals surface area contributed by atoms with E-state index in [9.17, 15) is 13.6 Å². The molecule has 0 aromatic heterocycles. The summed E-state index contributed by atoms with van der Waals surface area (Å²) in [6.07, 6.45) is 0.939. The zero-order chi connectivity index (χ0) is 17.1. The predicted octanol–water partition coefficient (Wildman–Crippen LogP) is 3.87. The zero-order valence-electron chi connectivity index (χ0n) is 12.9. The molecule has 1 aliphatic rings. The van der Waals surface area contributed by atoms with Gasteiger partial charge in [-0.2, -0.15) is 0 Å². The van der Waals surface area contributed by atoms with E-state index in [-0.39, 0.29) is 22.3 Å². The molecule has 24 heavy (non-hydrogen) atoms. The Morgan fingerprint density at radius 2 is 1.88 bits per heavy atom. The van der Waals surface area contributed by atoms with Gasteiger partial charge in [0.1, 0.15) is 11.6 Å². The van der Waals surface area contributed by atoms with Crippen LogP contribution in [0.3, 0.4) is 0 Å². The predicted molar refractivity (Wildman–Crippen MR) is 90.5 cm³/mol. The van der Waals surface area contributed by atoms with Crippen LogP contribution in [0.2, 0.25) is 5.02 Å². The molecule has 1 aliphatic heterocycles. The van der Waals surface area contributed by atoms with E-state index in [0.29, 0.717) is 12.5 Å². The van der Waals surface area contributed by atoms with Gasteiger partial charge in [0.15, 0.2) is 0 Å². The van der Waals surface area contributed by atoms with Gasteiger partial charge in [-0.25, -0.2) is 8.78 Å². The summed E-state index contributed by atoms with van der Waals surface area (Å²) in [4.78, 5) is 14.3. The number of carbonyl (C=O) groups is 1. The van der Waals surface area contributed by atoms with Gasteiger partial charge in [0.2, 0.25) is 0 Å². The highest BCUT2D eigenvalue weighted by molar-refractivity contribution is 6.33. The van der Waals surface area contributed by atoms with E-state index in [1.165, 1.54) is 24.3 Å². The van der Waals surface area contributed by atoms with Gasteiger partial charge in [0.25, 0.3) is 5.91 Å². The van der Waals surface area contributed by atoms with Gasteiger partial charge < -0.3 is 10.2 Å². The fourth-order valence-electron chi connectivity index (χ4n) is 2.89. The van der Waals surface area contributed by atoms with Crippen molar-refractivity contribution in [2.45, 2.75) is 6.42 Å². The number of hydrogen-bond donors (Lipinski definition) is 1. The number of nitrogens with zero attached hydrogens (tertiary/aromatic N) is 1. The summed E-state index contributed by atoms with van der Waals surface area (Å²) in [5.74, 6) is -0.723. The molecule has 0 aliphatic carbocycles. The minimum Gasteiger partial charge on any atom is -0.371 e. The molecular weight excluding hydrogens is 334 g/mol. The summed E-state index contributed by atoms with van der Waals surface area (Å²) < 4.78 is 26.0. The average Bonchev–Trinajstić information content (AvgIpc) is 3.02. The Labute approximate surface area is 144 Å². The van der Waals surface area contributed by atoms with Gasteiger partial charge in [-0.05, 0) is 54.8 Å². The quantitative estimate of drug-likeness (QED) is 0.907. The van der Waals surface area contributed by atoms with Gasteiger partial charge in [0.05, 0.1) is 10.6 Å². The van der Waals surface area contributed by atoms with Gasteiger partial charge in [-0.15, -0.1) is 0 Å². The number of hydrogen-bond acceptors (Lipinski definition) is 2. The molecule has 6 heteroatoms. The van der Waals surface area contributed by atoms with Crippen LogP contribution in [0.15, 0.2) is 42.5 Å². The third-order valence-electron chi connectivity index (χ3n) is 4.20. The van der Waals surface area contributed by atoms with Crippen molar-refractivity contribution in [2.24, 2.45) is 5.92 Å². The molecule has 1 saturated heterocycles. The maximum Gasteiger partial charge on any atom is 0.252 e. The Kier molecular flexibility index (Phi) is 5.00. The van der Waals surface area contributed by atoms with Gasteiger partial charge in [-0.1, -0.05) is 11.6 Å². The SMILES string of the molecule is O=C(NCC1CCN(c2ccc(F)cc2)C1)c1ccc(F)cc1Cl. The topological polar surface area (TPSA) is 32.3 Å². The number of anilines is 1. The molecule has 0 radical (unpaired) electrons. The Morgan fingerprint density at radius 3 is 2.58 bits per heavy atom. The van der Waals surface area contributed by atoms with Crippen molar-refractivity contribution in [3.8, 4) is 0 Å². The van der Waals surface area contributed by atoms with E-state index in [1.54, 1.807) is 12.1 Å². The third kappa shape index (κ3) is 3.85. The van der Waals surface area contributed by atoms with Crippen molar-refractivity contribution in [3.05, 3.63) is 64.7 Å². The first-order chi connectivity index (χ1) is 11.5. The molecule has 0 bridgehead atoms. The standard InChI is InChI=1S/C18H17ClF2N2O/c19-17-9-14(21)3-6-16(17)18(24)22-10-12-7-8-23(11-12)15-4-1-13(20)2-5-15/h1-6,9,12H,7-8,10-11H2,(H,22,24). The fourth-order valence-corrected chi connectivity index (χ4v) is 3.14. The summed E-state index contributed by atoms with van der Waals surface area (Å²) in [5, 5.41) is 2.95. The van der Waals surface area contributed by atoms with Crippen LogP contribution < -0.4 is 10.2 Å². The lowest BCUT2D eigenvalue weighted by atomic mass is 10.1. The van der Waals surface area contributed by atoms with E-state index in [2.05, 4.69) is 10.2 Å². The number of nitrogens with one attached hydrogen (secondary N) is 1. The second-order valence-corrected chi connectivity index (χ2v) is 6.32. The number of rotatable bonds is 4. The molecule has 2 aromatic carbocycles. The van der Waals surface area contributed by atoms with Crippen molar-refractivity contribution in [1.82, 2.24) is 5.32 Å². The molecule has 126 valence electrons. The van der Waals surface area contributed by atoms with Crippen molar-refractivity contribution < 1.29 is 13.6 Å². The average molecular weight is 351 g/mol. The molecular formula is C18H17ClF2N2O. The Hall–Kier alpha value is -2.14. The van der Waals surface area contributed by atoms with Crippen molar-refractivity contribution in [1.29, 1.82) is 0 Å². The van der Waals surface area contributed by atoms with Gasteiger partial charge in [-0.3, -0.25) is 4.79 Å². The molecule has 1 heterocycles. The highest BCUT2D eigenvalue weighted by atomic mass is 35.5. The Morgan fingerprint density at radius 1 is 1.17 bits per heavy atom. The van der Waals surface area contributed by atoms with Crippen LogP contribution in [0.5, 0.6) is 0 Å². The summed E-state index contributed by atoms with van der Waals surface area (Å²) in [6, 6.07) is 10.1. The van der Waals surface area contributed by atoms with E-state index >= 15 is 0 Å². The Bertz CT molecular complexity index is 736. The van der Waals surface area contributed by atoms with E-state index in [0.717, 1.165) is 31.3 Å². The second kappa shape index (κ2) is 7.18. The molecule has 0 saturated carbocycles. The molecule has 1 N–H and O–H groups in total. The lowest BCUT2D eigenvalue weighted by Crippen LogP contribution is -2.31. The molecule has 2 aromatic rings. The number of halogens is 3. The molecule has 1 atom stereocenters. The monoisotopic (exact) mass is 350 g/mol. The number of amides is 1. The lowest BCUT2D eigenvalue weighted by molar-refractivity contribution is 0.0948. The van der Waals surface area contributed by atoms with Crippen molar-refractivity contribution in [3.63, 3.8) is 0 Å². The molecule has 3 rings (SSSR count). The second-order valence-electron chi connectivity index (χ2n) is 5.91. The van der Waals surface area contributed by atoms with E-state index in [4.69, 9.17) is 11.6 Å². The van der Waals surface area contributed by atoms with Gasteiger partial charge in [0, 0.05) is 25.3 Å². The molecule has 3 nitrogen and oxygen atoms in total. The maximum atomic E-state index is 13.0. The number of carbonyl (C=O) groups excluding carboxylic acids is 1. The summed E-state index contributed by atoms with van der Waals surface area (Å²) >= 11 is 5.90. The first kappa shape index (κ1) is 16.7. The molecule has 0 spiro atoms. The summed E-state index contributed by atoms with van der Waals surface area (Å²) in [5.41, 5.74) is 1.25. The van der Waals surface area contributed by atoms with Crippen molar-refractivity contribution >= 4 is 23.2 Å². The van der Waals surface area contributed by atoms with Gasteiger partial charge >= 0.3 is 0 Å². The zero-order valence-corrected chi connectivity index (χ0v) is 13.7. The fraction of sp³-hybridized carbons (Fsp3) is 0.278. The van der Waals surface area contributed by atoms with Crippen molar-refractivity contribution in [2.75, 3.05) is 24.5 Å². The molecule has 1 fully saturated rings. The lowest BCUT2D eigenvalue weighted by Gasteiger charge is -2.19. The van der Waals surface area contributed by atoms with Crippen LogP contribution in [-0.4, -0.2) is 25.5 Å². The molecule has 1 unspecified atom stereocenters. The first-order valence-corrected chi connectivity index (χ1v) is 8.14. The van der Waals surface area contributed by atoms with Crippen LogP contribution in [0, 0.1) is 17.6 Å². The molecule has 1 amide bonds. The maximum absolute atomic E-state index is 13.0. The first-order valence-electron chi connectivity index (χ1n) is 7.76. The van der Waals surface area contributed by atoms with Crippen LogP contribution in [0.4, 0.5) is 14.5 Å².